The molecular formula is C13H16N2. The van der Waals surface area contributed by atoms with E-state index in [1.165, 1.54) is 6.42 Å². The summed E-state index contributed by atoms with van der Waals surface area (Å²) in [5.74, 6) is 0.661. The molecule has 0 aromatic carbocycles. The Kier molecular flexibility index (Phi) is 1.95. The average Bonchev–Trinajstić information content (AvgIpc) is 2.52. The Labute approximate surface area is 91.2 Å². The summed E-state index contributed by atoms with van der Waals surface area (Å²) in [7, 11) is 0. The number of hydrogen-bond donors (Lipinski definition) is 0. The molecule has 2 bridgehead atoms. The largest absolute Gasteiger partial charge is 0.192 e. The van der Waals surface area contributed by atoms with Crippen LogP contribution in [0.25, 0.3) is 0 Å². The van der Waals surface area contributed by atoms with Gasteiger partial charge in [-0.05, 0) is 41.6 Å². The topological polar surface area (TPSA) is 47.6 Å². The lowest BCUT2D eigenvalue weighted by atomic mass is 9.68. The van der Waals surface area contributed by atoms with Crippen LogP contribution in [0.2, 0.25) is 0 Å². The molecule has 0 spiro atoms. The van der Waals surface area contributed by atoms with Crippen molar-refractivity contribution in [3.8, 4) is 12.1 Å². The van der Waals surface area contributed by atoms with E-state index in [1.807, 2.05) is 0 Å². The summed E-state index contributed by atoms with van der Waals surface area (Å²) < 4.78 is 0. The van der Waals surface area contributed by atoms with Crippen molar-refractivity contribution in [3.05, 3.63) is 11.1 Å². The zero-order valence-electron chi connectivity index (χ0n) is 9.59. The molecule has 0 amide bonds. The second-order valence-electron chi connectivity index (χ2n) is 5.57. The molecule has 0 heterocycles. The van der Waals surface area contributed by atoms with Gasteiger partial charge in [0.05, 0.1) is 0 Å². The minimum absolute atomic E-state index is 0.0818. The number of fused-ring (bicyclic) bond motifs is 2. The van der Waals surface area contributed by atoms with Crippen molar-refractivity contribution in [2.45, 2.75) is 40.0 Å². The molecular weight excluding hydrogens is 184 g/mol. The highest BCUT2D eigenvalue weighted by Gasteiger charge is 2.59. The Morgan fingerprint density at radius 2 is 1.87 bits per heavy atom. The molecule has 2 heteroatoms. The molecule has 2 fully saturated rings. The van der Waals surface area contributed by atoms with Crippen molar-refractivity contribution >= 4 is 0 Å². The van der Waals surface area contributed by atoms with Gasteiger partial charge in [0.25, 0.3) is 0 Å². The first kappa shape index (κ1) is 10.2. The van der Waals surface area contributed by atoms with E-state index in [0.717, 1.165) is 18.4 Å². The van der Waals surface area contributed by atoms with Gasteiger partial charge in [0.2, 0.25) is 0 Å². The first-order valence-electron chi connectivity index (χ1n) is 5.51. The van der Waals surface area contributed by atoms with Crippen LogP contribution in [0, 0.1) is 39.4 Å². The maximum absolute atomic E-state index is 8.97. The average molecular weight is 200 g/mol. The highest BCUT2D eigenvalue weighted by molar-refractivity contribution is 5.46. The van der Waals surface area contributed by atoms with Crippen molar-refractivity contribution in [1.29, 1.82) is 10.5 Å². The standard InChI is InChI=1S/C13H16N2/c1-12(2)10-4-5-13(12,3)11(6-10)9(7-14)8-15/h10H,4-6H2,1-3H3/t10-,13+/m1/s1. The van der Waals surface area contributed by atoms with Gasteiger partial charge in [-0.3, -0.25) is 0 Å². The van der Waals surface area contributed by atoms with Crippen molar-refractivity contribution in [2.75, 3.05) is 0 Å². The van der Waals surface area contributed by atoms with Crippen LogP contribution >= 0.6 is 0 Å². The van der Waals surface area contributed by atoms with Gasteiger partial charge in [-0.1, -0.05) is 20.8 Å². The van der Waals surface area contributed by atoms with Crippen LogP contribution in [0.15, 0.2) is 11.1 Å². The van der Waals surface area contributed by atoms with Crippen LogP contribution in [0.3, 0.4) is 0 Å². The van der Waals surface area contributed by atoms with Crippen LogP contribution in [0.1, 0.15) is 40.0 Å². The van der Waals surface area contributed by atoms with E-state index in [1.54, 1.807) is 0 Å². The zero-order chi connectivity index (χ0) is 11.3. The number of allylic oxidation sites excluding steroid dienone is 2. The molecule has 0 aliphatic heterocycles. The Morgan fingerprint density at radius 3 is 2.20 bits per heavy atom. The molecule has 2 aliphatic carbocycles. The molecule has 2 nitrogen and oxygen atoms in total. The van der Waals surface area contributed by atoms with Crippen molar-refractivity contribution in [3.63, 3.8) is 0 Å². The third kappa shape index (κ3) is 1.03. The predicted molar refractivity (Wildman–Crippen MR) is 57.5 cm³/mol. The van der Waals surface area contributed by atoms with E-state index in [-0.39, 0.29) is 10.8 Å². The fraction of sp³-hybridized carbons (Fsp3) is 0.692. The maximum atomic E-state index is 8.97. The lowest BCUT2D eigenvalue weighted by Gasteiger charge is -2.35. The summed E-state index contributed by atoms with van der Waals surface area (Å²) in [6, 6.07) is 4.12. The van der Waals surface area contributed by atoms with Crippen LogP contribution in [-0.2, 0) is 0 Å². The third-order valence-electron chi connectivity index (χ3n) is 5.08. The summed E-state index contributed by atoms with van der Waals surface area (Å²) in [5, 5.41) is 17.9. The Bertz CT molecular complexity index is 401. The second kappa shape index (κ2) is 2.86. The van der Waals surface area contributed by atoms with Crippen LogP contribution in [-0.4, -0.2) is 0 Å². The number of hydrogen-bond acceptors (Lipinski definition) is 2. The summed E-state index contributed by atoms with van der Waals surface area (Å²) >= 11 is 0. The fourth-order valence-corrected chi connectivity index (χ4v) is 3.50. The Balaban J connectivity index is 2.58. The minimum atomic E-state index is 0.0818. The van der Waals surface area contributed by atoms with Crippen molar-refractivity contribution in [1.82, 2.24) is 0 Å². The van der Waals surface area contributed by atoms with E-state index < -0.39 is 0 Å². The highest BCUT2D eigenvalue weighted by Crippen LogP contribution is 2.68. The van der Waals surface area contributed by atoms with Crippen molar-refractivity contribution in [2.24, 2.45) is 16.7 Å². The highest BCUT2D eigenvalue weighted by atomic mass is 14.6. The second-order valence-corrected chi connectivity index (χ2v) is 5.57. The zero-order valence-corrected chi connectivity index (χ0v) is 9.59. The van der Waals surface area contributed by atoms with E-state index in [2.05, 4.69) is 32.9 Å². The normalized spacial score (nSPS) is 36.1. The predicted octanol–water partition coefficient (Wildman–Crippen LogP) is 3.18. The van der Waals surface area contributed by atoms with Gasteiger partial charge in [-0.15, -0.1) is 0 Å². The minimum Gasteiger partial charge on any atom is -0.192 e. The lowest BCUT2D eigenvalue weighted by Crippen LogP contribution is -2.28. The SMILES string of the molecule is CC1(C)[C@@H]2CC[C@@]1(C)C(=C(C#N)C#N)C2. The van der Waals surface area contributed by atoms with Gasteiger partial charge in [0.15, 0.2) is 0 Å². The molecule has 0 unspecified atom stereocenters. The molecule has 0 saturated heterocycles. The van der Waals surface area contributed by atoms with Gasteiger partial charge in [0.1, 0.15) is 17.7 Å². The molecule has 2 saturated carbocycles. The monoisotopic (exact) mass is 200 g/mol. The van der Waals surface area contributed by atoms with E-state index in [4.69, 9.17) is 10.5 Å². The number of nitriles is 2. The van der Waals surface area contributed by atoms with Gasteiger partial charge in [0, 0.05) is 0 Å². The van der Waals surface area contributed by atoms with Crippen LogP contribution in [0.5, 0.6) is 0 Å². The maximum Gasteiger partial charge on any atom is 0.129 e. The molecule has 0 N–H and O–H groups in total. The van der Waals surface area contributed by atoms with Gasteiger partial charge in [-0.25, -0.2) is 0 Å². The van der Waals surface area contributed by atoms with Gasteiger partial charge >= 0.3 is 0 Å². The molecule has 0 aromatic rings. The smallest absolute Gasteiger partial charge is 0.129 e. The summed E-state index contributed by atoms with van der Waals surface area (Å²) in [6.07, 6.45) is 3.34. The molecule has 2 rings (SSSR count). The number of rotatable bonds is 0. The van der Waals surface area contributed by atoms with E-state index >= 15 is 0 Å². The first-order valence-corrected chi connectivity index (χ1v) is 5.51. The Hall–Kier alpha value is -1.28. The third-order valence-corrected chi connectivity index (χ3v) is 5.08. The van der Waals surface area contributed by atoms with E-state index in [0.29, 0.717) is 11.5 Å². The van der Waals surface area contributed by atoms with E-state index in [9.17, 15) is 0 Å². The molecule has 15 heavy (non-hydrogen) atoms. The summed E-state index contributed by atoms with van der Waals surface area (Å²) in [5.41, 5.74) is 1.82. The molecule has 78 valence electrons. The van der Waals surface area contributed by atoms with Crippen LogP contribution < -0.4 is 0 Å². The van der Waals surface area contributed by atoms with Gasteiger partial charge < -0.3 is 0 Å². The summed E-state index contributed by atoms with van der Waals surface area (Å²) in [4.78, 5) is 0. The molecule has 2 aliphatic rings. The Morgan fingerprint density at radius 1 is 1.27 bits per heavy atom. The first-order chi connectivity index (χ1) is 6.97. The molecule has 2 atom stereocenters. The fourth-order valence-electron chi connectivity index (χ4n) is 3.50. The van der Waals surface area contributed by atoms with Gasteiger partial charge in [-0.2, -0.15) is 10.5 Å². The quantitative estimate of drug-likeness (QED) is 0.564. The molecule has 0 aromatic heterocycles. The summed E-state index contributed by atoms with van der Waals surface area (Å²) in [6.45, 7) is 6.79. The lowest BCUT2D eigenvalue weighted by molar-refractivity contribution is 0.179. The molecule has 0 radical (unpaired) electrons. The van der Waals surface area contributed by atoms with Crippen molar-refractivity contribution < 1.29 is 0 Å². The van der Waals surface area contributed by atoms with Crippen LogP contribution in [0.4, 0.5) is 0 Å². The number of nitrogens with zero attached hydrogens (tertiary/aromatic N) is 2.